The third-order valence-corrected chi connectivity index (χ3v) is 6.34. The van der Waals surface area contributed by atoms with Gasteiger partial charge in [-0.3, -0.25) is 9.36 Å². The van der Waals surface area contributed by atoms with Crippen LogP contribution in [-0.2, 0) is 0 Å². The molecule has 6 heteroatoms. The molecule has 4 aromatic rings. The summed E-state index contributed by atoms with van der Waals surface area (Å²) in [5.41, 5.74) is 3.57. The van der Waals surface area contributed by atoms with Crippen LogP contribution >= 0.6 is 54.5 Å². The molecule has 0 saturated heterocycles. The molecular weight excluding hydrogens is 607 g/mol. The second-order valence-electron chi connectivity index (χ2n) is 6.61. The fourth-order valence-electron chi connectivity index (χ4n) is 3.03. The minimum absolute atomic E-state index is 0.101. The van der Waals surface area contributed by atoms with E-state index in [4.69, 9.17) is 4.98 Å². The molecule has 0 aliphatic heterocycles. The minimum Gasteiger partial charge on any atom is -0.268 e. The zero-order chi connectivity index (χ0) is 20.5. The maximum atomic E-state index is 13.5. The lowest BCUT2D eigenvalue weighted by Gasteiger charge is -2.13. The van der Waals surface area contributed by atoms with Gasteiger partial charge in [0.15, 0.2) is 0 Å². The second kappa shape index (κ2) is 8.53. The molecule has 29 heavy (non-hydrogen) atoms. The summed E-state index contributed by atoms with van der Waals surface area (Å²) in [6.45, 7) is 2.06. The molecule has 1 aromatic heterocycles. The summed E-state index contributed by atoms with van der Waals surface area (Å²) in [4.78, 5) is 18.3. The maximum absolute atomic E-state index is 13.5. The van der Waals surface area contributed by atoms with E-state index in [9.17, 15) is 4.79 Å². The first-order valence-corrected chi connectivity index (χ1v) is 11.5. The van der Waals surface area contributed by atoms with Gasteiger partial charge in [-0.2, -0.15) is 0 Å². The molecule has 0 fully saturated rings. The summed E-state index contributed by atoms with van der Waals surface area (Å²) >= 11 is 9.31. The number of hydrogen-bond acceptors (Lipinski definition) is 2. The molecule has 1 heterocycles. The van der Waals surface area contributed by atoms with Crippen molar-refractivity contribution < 1.29 is 0 Å². The molecule has 0 N–H and O–H groups in total. The Hall–Kier alpha value is -1.77. The molecule has 0 atom stereocenters. The van der Waals surface area contributed by atoms with Gasteiger partial charge in [-0.15, -0.1) is 0 Å². The van der Waals surface area contributed by atoms with Gasteiger partial charge in [0.25, 0.3) is 5.56 Å². The molecule has 0 amide bonds. The molecule has 0 radical (unpaired) electrons. The fourth-order valence-corrected chi connectivity index (χ4v) is 4.29. The summed E-state index contributed by atoms with van der Waals surface area (Å²) in [5, 5.41) is 0.594. The predicted molar refractivity (Wildman–Crippen MR) is 136 cm³/mol. The van der Waals surface area contributed by atoms with Gasteiger partial charge in [0, 0.05) is 12.5 Å². The Balaban J connectivity index is 1.99. The van der Waals surface area contributed by atoms with Gasteiger partial charge in [0.05, 0.1) is 16.6 Å². The first kappa shape index (κ1) is 20.5. The summed E-state index contributed by atoms with van der Waals surface area (Å²) in [5.74, 6) is 0.572. The van der Waals surface area contributed by atoms with Gasteiger partial charge in [0.1, 0.15) is 5.82 Å². The van der Waals surface area contributed by atoms with Crippen LogP contribution < -0.4 is 5.56 Å². The van der Waals surface area contributed by atoms with Crippen molar-refractivity contribution in [3.8, 4) is 5.69 Å². The van der Waals surface area contributed by atoms with E-state index in [0.717, 1.165) is 23.8 Å². The summed E-state index contributed by atoms with van der Waals surface area (Å²) < 4.78 is 4.35. The average Bonchev–Trinajstić information content (AvgIpc) is 2.70. The molecule has 4 rings (SSSR count). The molecule has 3 nitrogen and oxygen atoms in total. The first-order chi connectivity index (χ1) is 13.9. The number of benzene rings is 3. The van der Waals surface area contributed by atoms with Crippen molar-refractivity contribution in [3.63, 3.8) is 0 Å². The van der Waals surface area contributed by atoms with E-state index in [0.29, 0.717) is 16.7 Å². The Morgan fingerprint density at radius 2 is 1.72 bits per heavy atom. The van der Waals surface area contributed by atoms with Crippen LogP contribution in [0.1, 0.15) is 17.0 Å². The van der Waals surface area contributed by atoms with Gasteiger partial charge in [0.2, 0.25) is 0 Å². The number of aryl methyl sites for hydroxylation is 1. The Bertz CT molecular complexity index is 1310. The van der Waals surface area contributed by atoms with Crippen LogP contribution in [0.15, 0.2) is 74.4 Å². The van der Waals surface area contributed by atoms with E-state index in [1.165, 1.54) is 5.56 Å². The largest absolute Gasteiger partial charge is 0.268 e. The lowest BCUT2D eigenvalue weighted by molar-refractivity contribution is 0.938. The predicted octanol–water partition coefficient (Wildman–Crippen LogP) is 6.99. The molecule has 0 spiro atoms. The lowest BCUT2D eigenvalue weighted by atomic mass is 10.1. The highest BCUT2D eigenvalue weighted by Gasteiger charge is 2.14. The highest BCUT2D eigenvalue weighted by Crippen LogP contribution is 2.26. The summed E-state index contributed by atoms with van der Waals surface area (Å²) in [7, 11) is 0. The Morgan fingerprint density at radius 1 is 0.966 bits per heavy atom. The van der Waals surface area contributed by atoms with E-state index < -0.39 is 0 Å². The molecule has 0 aliphatic rings. The number of nitrogens with zero attached hydrogens (tertiary/aromatic N) is 2. The van der Waals surface area contributed by atoms with E-state index in [2.05, 4.69) is 73.5 Å². The Kier molecular flexibility index (Phi) is 6.03. The molecule has 0 aliphatic carbocycles. The molecule has 0 unspecified atom stereocenters. The van der Waals surface area contributed by atoms with Crippen LogP contribution in [0.4, 0.5) is 0 Å². The third-order valence-electron chi connectivity index (χ3n) is 4.51. The number of aromatic nitrogens is 2. The van der Waals surface area contributed by atoms with Crippen molar-refractivity contribution in [1.82, 2.24) is 9.55 Å². The van der Waals surface area contributed by atoms with E-state index in [1.807, 2.05) is 60.7 Å². The monoisotopic (exact) mass is 620 g/mol. The van der Waals surface area contributed by atoms with Crippen LogP contribution in [0.25, 0.3) is 28.7 Å². The molecular formula is C23H15Br2IN2O. The van der Waals surface area contributed by atoms with Crippen LogP contribution in [0, 0.1) is 10.5 Å². The van der Waals surface area contributed by atoms with Crippen molar-refractivity contribution in [1.29, 1.82) is 0 Å². The summed E-state index contributed by atoms with van der Waals surface area (Å²) in [6.07, 6.45) is 3.86. The van der Waals surface area contributed by atoms with E-state index in [1.54, 1.807) is 4.57 Å². The standard InChI is InChI=1S/C23H15Br2IN2O/c1-14-2-4-15(5-3-14)6-11-22-27-20-10-8-17(26)13-18(20)23(29)28(22)21-12-16(24)7-9-19(21)25/h2-13H,1H3/b11-6+. The zero-order valence-electron chi connectivity index (χ0n) is 15.4. The number of fused-ring (bicyclic) bond motifs is 1. The maximum Gasteiger partial charge on any atom is 0.266 e. The Labute approximate surface area is 198 Å². The third kappa shape index (κ3) is 4.39. The number of halogens is 3. The van der Waals surface area contributed by atoms with Crippen molar-refractivity contribution >= 4 is 77.5 Å². The van der Waals surface area contributed by atoms with Crippen molar-refractivity contribution in [2.45, 2.75) is 6.92 Å². The van der Waals surface area contributed by atoms with Crippen molar-refractivity contribution in [2.75, 3.05) is 0 Å². The van der Waals surface area contributed by atoms with Crippen LogP contribution in [-0.4, -0.2) is 9.55 Å². The molecule has 0 bridgehead atoms. The molecule has 144 valence electrons. The SMILES string of the molecule is Cc1ccc(/C=C/c2nc3ccc(I)cc3c(=O)n2-c2cc(Br)ccc2Br)cc1. The van der Waals surface area contributed by atoms with Crippen molar-refractivity contribution in [3.05, 3.63) is 100 Å². The highest BCUT2D eigenvalue weighted by molar-refractivity contribution is 14.1. The van der Waals surface area contributed by atoms with E-state index >= 15 is 0 Å². The Morgan fingerprint density at radius 3 is 2.48 bits per heavy atom. The van der Waals surface area contributed by atoms with Gasteiger partial charge >= 0.3 is 0 Å². The van der Waals surface area contributed by atoms with Gasteiger partial charge < -0.3 is 0 Å². The van der Waals surface area contributed by atoms with Gasteiger partial charge in [-0.1, -0.05) is 51.8 Å². The number of hydrogen-bond donors (Lipinski definition) is 0. The average molecular weight is 622 g/mol. The van der Waals surface area contributed by atoms with Crippen molar-refractivity contribution in [2.24, 2.45) is 0 Å². The first-order valence-electron chi connectivity index (χ1n) is 8.85. The van der Waals surface area contributed by atoms with Crippen LogP contribution in [0.2, 0.25) is 0 Å². The second-order valence-corrected chi connectivity index (χ2v) is 9.63. The van der Waals surface area contributed by atoms with Gasteiger partial charge in [-0.25, -0.2) is 4.98 Å². The summed E-state index contributed by atoms with van der Waals surface area (Å²) in [6, 6.07) is 19.7. The lowest BCUT2D eigenvalue weighted by Crippen LogP contribution is -2.22. The number of rotatable bonds is 3. The normalized spacial score (nSPS) is 11.4. The fraction of sp³-hybridized carbons (Fsp3) is 0.0435. The molecule has 0 saturated carbocycles. The quantitative estimate of drug-likeness (QED) is 0.231. The zero-order valence-corrected chi connectivity index (χ0v) is 20.7. The van der Waals surface area contributed by atoms with Crippen LogP contribution in [0.3, 0.4) is 0 Å². The van der Waals surface area contributed by atoms with Crippen LogP contribution in [0.5, 0.6) is 0 Å². The van der Waals surface area contributed by atoms with E-state index in [-0.39, 0.29) is 5.56 Å². The molecule has 3 aromatic carbocycles. The topological polar surface area (TPSA) is 34.9 Å². The van der Waals surface area contributed by atoms with Gasteiger partial charge in [-0.05, 0) is 93.5 Å². The smallest absolute Gasteiger partial charge is 0.266 e. The highest BCUT2D eigenvalue weighted by atomic mass is 127. The minimum atomic E-state index is -0.101.